The molecule has 0 bridgehead atoms. The Bertz CT molecular complexity index is 356. The van der Waals surface area contributed by atoms with Crippen LogP contribution in [0, 0.1) is 5.41 Å². The summed E-state index contributed by atoms with van der Waals surface area (Å²) < 4.78 is 6.87. The van der Waals surface area contributed by atoms with Crippen molar-refractivity contribution in [1.82, 2.24) is 9.88 Å². The van der Waals surface area contributed by atoms with Crippen LogP contribution in [0.4, 0.5) is 0 Å². The van der Waals surface area contributed by atoms with E-state index in [2.05, 4.69) is 9.88 Å². The van der Waals surface area contributed by atoms with Crippen LogP contribution >= 0.6 is 0 Å². The van der Waals surface area contributed by atoms with Crippen LogP contribution in [0.15, 0.2) is 18.3 Å². The molecule has 1 aromatic heterocycles. The third-order valence-corrected chi connectivity index (χ3v) is 2.59. The summed E-state index contributed by atoms with van der Waals surface area (Å²) in [5.41, 5.74) is 0.662. The number of ether oxygens (including phenoxy) is 1. The highest BCUT2D eigenvalue weighted by atomic mass is 16.5. The summed E-state index contributed by atoms with van der Waals surface area (Å²) in [6.07, 6.45) is 1.98. The summed E-state index contributed by atoms with van der Waals surface area (Å²) in [6, 6.07) is 4.03. The third-order valence-electron chi connectivity index (χ3n) is 2.59. The highest BCUT2D eigenvalue weighted by molar-refractivity contribution is 5.75. The molecule has 1 rings (SSSR count). The molecule has 90 valence electrons. The molecule has 4 nitrogen and oxygen atoms in total. The monoisotopic (exact) mass is 224 g/mol. The fourth-order valence-electron chi connectivity index (χ4n) is 1.71. The van der Waals surface area contributed by atoms with E-state index in [0.29, 0.717) is 6.54 Å². The quantitative estimate of drug-likeness (QED) is 0.769. The lowest BCUT2D eigenvalue weighted by Gasteiger charge is -2.23. The van der Waals surface area contributed by atoms with Crippen molar-refractivity contribution in [2.75, 3.05) is 14.2 Å². The van der Waals surface area contributed by atoms with Crippen molar-refractivity contribution in [2.24, 2.45) is 5.41 Å². The molecule has 0 aliphatic carbocycles. The Morgan fingerprint density at radius 1 is 1.56 bits per heavy atom. The Labute approximate surface area is 96.6 Å². The molecule has 0 fully saturated rings. The molecule has 0 spiro atoms. The van der Waals surface area contributed by atoms with Gasteiger partial charge in [0.05, 0.1) is 12.5 Å². The van der Waals surface area contributed by atoms with Crippen LogP contribution in [-0.2, 0) is 22.6 Å². The number of nitrogens with one attached hydrogen (secondary N) is 1. The van der Waals surface area contributed by atoms with Gasteiger partial charge in [0.15, 0.2) is 0 Å². The number of carbonyl (C=O) groups excluding carboxylic acids is 1. The average molecular weight is 224 g/mol. The Balaban J connectivity index is 2.79. The standard InChI is InChI=1S/C12H20N2O2/c1-12(2,11(15)16-4)9-14-7-5-6-10(14)8-13-3/h5-7,13H,8-9H2,1-4H3. The SMILES string of the molecule is CNCc1cccn1CC(C)(C)C(=O)OC. The van der Waals surface area contributed by atoms with Crippen molar-refractivity contribution >= 4 is 5.97 Å². The molecule has 1 heterocycles. The molecule has 0 aliphatic rings. The molecule has 0 radical (unpaired) electrons. The Morgan fingerprint density at radius 3 is 2.81 bits per heavy atom. The second kappa shape index (κ2) is 5.16. The molecule has 16 heavy (non-hydrogen) atoms. The zero-order valence-corrected chi connectivity index (χ0v) is 10.4. The van der Waals surface area contributed by atoms with Crippen molar-refractivity contribution in [3.05, 3.63) is 24.0 Å². The highest BCUT2D eigenvalue weighted by Crippen LogP contribution is 2.21. The summed E-state index contributed by atoms with van der Waals surface area (Å²) in [5, 5.41) is 3.10. The first-order chi connectivity index (χ1) is 7.51. The molecule has 0 saturated heterocycles. The summed E-state index contributed by atoms with van der Waals surface area (Å²) in [7, 11) is 3.33. The molecule has 0 amide bonds. The van der Waals surface area contributed by atoms with Crippen LogP contribution in [0.5, 0.6) is 0 Å². The fourth-order valence-corrected chi connectivity index (χ4v) is 1.71. The first-order valence-electron chi connectivity index (χ1n) is 5.38. The van der Waals surface area contributed by atoms with Gasteiger partial charge in [-0.1, -0.05) is 0 Å². The highest BCUT2D eigenvalue weighted by Gasteiger charge is 2.29. The number of carbonyl (C=O) groups is 1. The van der Waals surface area contributed by atoms with Crippen molar-refractivity contribution in [3.8, 4) is 0 Å². The minimum absolute atomic E-state index is 0.184. The van der Waals surface area contributed by atoms with Crippen molar-refractivity contribution < 1.29 is 9.53 Å². The number of hydrogen-bond donors (Lipinski definition) is 1. The number of methoxy groups -OCH3 is 1. The van der Waals surface area contributed by atoms with Gasteiger partial charge in [0.2, 0.25) is 0 Å². The maximum atomic E-state index is 11.6. The van der Waals surface area contributed by atoms with Gasteiger partial charge in [0.25, 0.3) is 0 Å². The van der Waals surface area contributed by atoms with Gasteiger partial charge in [-0.25, -0.2) is 0 Å². The zero-order valence-electron chi connectivity index (χ0n) is 10.4. The number of esters is 1. The fraction of sp³-hybridized carbons (Fsp3) is 0.583. The van der Waals surface area contributed by atoms with Gasteiger partial charge in [0, 0.05) is 25.0 Å². The molecule has 1 N–H and O–H groups in total. The van der Waals surface area contributed by atoms with Crippen LogP contribution in [0.25, 0.3) is 0 Å². The van der Waals surface area contributed by atoms with Gasteiger partial charge < -0.3 is 14.6 Å². The van der Waals surface area contributed by atoms with Crippen LogP contribution in [0.2, 0.25) is 0 Å². The lowest BCUT2D eigenvalue weighted by Crippen LogP contribution is -2.31. The molecule has 0 atom stereocenters. The van der Waals surface area contributed by atoms with E-state index in [0.717, 1.165) is 6.54 Å². The van der Waals surface area contributed by atoms with E-state index in [4.69, 9.17) is 4.74 Å². The zero-order chi connectivity index (χ0) is 12.2. The molecule has 1 aromatic rings. The lowest BCUT2D eigenvalue weighted by atomic mass is 9.93. The first-order valence-corrected chi connectivity index (χ1v) is 5.38. The molecule has 0 aliphatic heterocycles. The predicted molar refractivity (Wildman–Crippen MR) is 63.0 cm³/mol. The van der Waals surface area contributed by atoms with Crippen LogP contribution in [0.1, 0.15) is 19.5 Å². The largest absolute Gasteiger partial charge is 0.469 e. The summed E-state index contributed by atoms with van der Waals surface area (Å²) in [6.45, 7) is 5.21. The second-order valence-corrected chi connectivity index (χ2v) is 4.53. The smallest absolute Gasteiger partial charge is 0.313 e. The first kappa shape index (κ1) is 12.8. The number of nitrogens with zero attached hydrogens (tertiary/aromatic N) is 1. The third kappa shape index (κ3) is 2.85. The molecular weight excluding hydrogens is 204 g/mol. The minimum atomic E-state index is -0.504. The average Bonchev–Trinajstić information content (AvgIpc) is 2.64. The molecule has 0 saturated carbocycles. The van der Waals surface area contributed by atoms with Gasteiger partial charge in [-0.3, -0.25) is 4.79 Å². The van der Waals surface area contributed by atoms with E-state index >= 15 is 0 Å². The van der Waals surface area contributed by atoms with E-state index in [1.165, 1.54) is 12.8 Å². The number of rotatable bonds is 5. The normalized spacial score (nSPS) is 11.5. The van der Waals surface area contributed by atoms with Gasteiger partial charge in [-0.2, -0.15) is 0 Å². The van der Waals surface area contributed by atoms with Crippen LogP contribution in [-0.4, -0.2) is 24.7 Å². The topological polar surface area (TPSA) is 43.3 Å². The number of hydrogen-bond acceptors (Lipinski definition) is 3. The summed E-state index contributed by atoms with van der Waals surface area (Å²) in [4.78, 5) is 11.6. The van der Waals surface area contributed by atoms with Crippen molar-refractivity contribution in [3.63, 3.8) is 0 Å². The van der Waals surface area contributed by atoms with Crippen LogP contribution in [0.3, 0.4) is 0 Å². The van der Waals surface area contributed by atoms with Crippen molar-refractivity contribution in [2.45, 2.75) is 26.9 Å². The van der Waals surface area contributed by atoms with E-state index in [1.54, 1.807) is 0 Å². The Kier molecular flexibility index (Phi) is 4.12. The van der Waals surface area contributed by atoms with E-state index < -0.39 is 5.41 Å². The molecule has 0 unspecified atom stereocenters. The van der Waals surface area contributed by atoms with E-state index in [-0.39, 0.29) is 5.97 Å². The van der Waals surface area contributed by atoms with Gasteiger partial charge >= 0.3 is 5.97 Å². The van der Waals surface area contributed by atoms with Crippen molar-refractivity contribution in [1.29, 1.82) is 0 Å². The maximum absolute atomic E-state index is 11.6. The van der Waals surface area contributed by atoms with E-state index in [1.807, 2.05) is 39.2 Å². The van der Waals surface area contributed by atoms with Gasteiger partial charge in [-0.05, 0) is 33.0 Å². The van der Waals surface area contributed by atoms with Gasteiger partial charge in [-0.15, -0.1) is 0 Å². The van der Waals surface area contributed by atoms with Crippen LogP contribution < -0.4 is 5.32 Å². The van der Waals surface area contributed by atoms with E-state index in [9.17, 15) is 4.79 Å². The summed E-state index contributed by atoms with van der Waals surface area (Å²) in [5.74, 6) is -0.184. The molecular formula is C12H20N2O2. The Hall–Kier alpha value is -1.29. The number of aromatic nitrogens is 1. The lowest BCUT2D eigenvalue weighted by molar-refractivity contribution is -0.151. The Morgan fingerprint density at radius 2 is 2.25 bits per heavy atom. The minimum Gasteiger partial charge on any atom is -0.469 e. The predicted octanol–water partition coefficient (Wildman–Crippen LogP) is 1.41. The second-order valence-electron chi connectivity index (χ2n) is 4.53. The summed E-state index contributed by atoms with van der Waals surface area (Å²) >= 11 is 0. The maximum Gasteiger partial charge on any atom is 0.313 e. The molecule has 0 aromatic carbocycles. The molecule has 4 heteroatoms. The van der Waals surface area contributed by atoms with Gasteiger partial charge in [0.1, 0.15) is 0 Å².